The summed E-state index contributed by atoms with van der Waals surface area (Å²) in [5, 5.41) is 20.0. The van der Waals surface area contributed by atoms with Crippen LogP contribution < -0.4 is 5.43 Å². The van der Waals surface area contributed by atoms with Gasteiger partial charge in [-0.3, -0.25) is 5.43 Å². The van der Waals surface area contributed by atoms with Gasteiger partial charge in [-0.25, -0.2) is 14.0 Å². The summed E-state index contributed by atoms with van der Waals surface area (Å²) in [6, 6.07) is 5.33. The van der Waals surface area contributed by atoms with Crippen LogP contribution in [0.4, 0.5) is 10.1 Å². The van der Waals surface area contributed by atoms with Crippen LogP contribution in [0.3, 0.4) is 0 Å². The Hall–Kier alpha value is -2.44. The van der Waals surface area contributed by atoms with Gasteiger partial charge in [0.15, 0.2) is 0 Å². The lowest BCUT2D eigenvalue weighted by molar-refractivity contribution is -0.134. The minimum absolute atomic E-state index is 0.109. The van der Waals surface area contributed by atoms with Gasteiger partial charge in [-0.2, -0.15) is 5.10 Å². The predicted octanol–water partition coefficient (Wildman–Crippen LogP) is 0.763. The van der Waals surface area contributed by atoms with E-state index < -0.39 is 23.5 Å². The maximum Gasteiger partial charge on any atom is 0.364 e. The molecule has 1 rings (SSSR count). The number of aliphatic carboxylic acids is 2. The van der Waals surface area contributed by atoms with Crippen LogP contribution in [0.1, 0.15) is 0 Å². The molecule has 3 N–H and O–H groups in total. The molecule has 0 bridgehead atoms. The van der Waals surface area contributed by atoms with Crippen LogP contribution in [0.15, 0.2) is 29.4 Å². The Morgan fingerprint density at radius 2 is 1.75 bits per heavy atom. The third kappa shape index (κ3) is 2.77. The number of rotatable bonds is 4. The zero-order valence-electron chi connectivity index (χ0n) is 7.85. The van der Waals surface area contributed by atoms with Gasteiger partial charge < -0.3 is 10.2 Å². The summed E-state index contributed by atoms with van der Waals surface area (Å²) in [5.41, 5.74) is 0.796. The number of carboxylic acid groups (broad SMARTS) is 2. The van der Waals surface area contributed by atoms with E-state index in [1.807, 2.05) is 5.43 Å². The molecule has 0 aliphatic carbocycles. The molecule has 0 fully saturated rings. The predicted molar refractivity (Wildman–Crippen MR) is 52.7 cm³/mol. The Labute approximate surface area is 89.0 Å². The number of carbonyl (C=O) groups is 2. The van der Waals surface area contributed by atoms with Crippen molar-refractivity contribution in [3.05, 3.63) is 30.1 Å². The molecule has 0 saturated heterocycles. The highest BCUT2D eigenvalue weighted by molar-refractivity contribution is 6.61. The number of nitrogens with one attached hydrogen (secondary N) is 1. The van der Waals surface area contributed by atoms with Gasteiger partial charge in [-0.15, -0.1) is 0 Å². The Morgan fingerprint density at radius 3 is 2.25 bits per heavy atom. The van der Waals surface area contributed by atoms with Crippen LogP contribution in [0.25, 0.3) is 0 Å². The normalized spacial score (nSPS) is 9.31. The number of carboxylic acids is 2. The first-order valence-electron chi connectivity index (χ1n) is 4.07. The van der Waals surface area contributed by atoms with E-state index in [0.29, 0.717) is 0 Å². The molecule has 7 heteroatoms. The highest BCUT2D eigenvalue weighted by Gasteiger charge is 2.18. The quantitative estimate of drug-likeness (QED) is 0.400. The molecule has 1 aromatic rings. The van der Waals surface area contributed by atoms with E-state index in [1.54, 1.807) is 0 Å². The van der Waals surface area contributed by atoms with E-state index in [9.17, 15) is 14.0 Å². The summed E-state index contributed by atoms with van der Waals surface area (Å²) in [6.07, 6.45) is 0. The first kappa shape index (κ1) is 11.6. The number of anilines is 1. The number of hydrogen-bond acceptors (Lipinski definition) is 4. The smallest absolute Gasteiger partial charge is 0.364 e. The molecule has 0 saturated carbocycles. The van der Waals surface area contributed by atoms with Crippen molar-refractivity contribution in [2.75, 3.05) is 5.43 Å². The lowest BCUT2D eigenvalue weighted by Gasteiger charge is -2.01. The fourth-order valence-corrected chi connectivity index (χ4v) is 0.855. The van der Waals surface area contributed by atoms with E-state index in [1.165, 1.54) is 18.2 Å². The summed E-state index contributed by atoms with van der Waals surface area (Å²) >= 11 is 0. The molecule has 0 aromatic heterocycles. The average Bonchev–Trinajstić information content (AvgIpc) is 2.20. The molecule has 0 unspecified atom stereocenters. The molecule has 16 heavy (non-hydrogen) atoms. The third-order valence-electron chi connectivity index (χ3n) is 1.57. The van der Waals surface area contributed by atoms with Gasteiger partial charge in [0.1, 0.15) is 5.82 Å². The number of nitrogens with zero attached hydrogens (tertiary/aromatic N) is 1. The summed E-state index contributed by atoms with van der Waals surface area (Å²) in [5.74, 6) is -4.09. The SMILES string of the molecule is O=C(O)C(=NNc1ccccc1F)C(=O)O. The lowest BCUT2D eigenvalue weighted by Crippen LogP contribution is -2.24. The van der Waals surface area contributed by atoms with Crippen molar-refractivity contribution in [3.8, 4) is 0 Å². The summed E-state index contributed by atoms with van der Waals surface area (Å²) in [6.45, 7) is 0. The van der Waals surface area contributed by atoms with Crippen LogP contribution in [0, 0.1) is 5.82 Å². The van der Waals surface area contributed by atoms with Crippen molar-refractivity contribution >= 4 is 23.3 Å². The fourth-order valence-electron chi connectivity index (χ4n) is 0.855. The molecule has 0 aliphatic heterocycles. The molecule has 6 nitrogen and oxygen atoms in total. The van der Waals surface area contributed by atoms with Crippen molar-refractivity contribution in [3.63, 3.8) is 0 Å². The van der Waals surface area contributed by atoms with Gasteiger partial charge in [-0.1, -0.05) is 12.1 Å². The number of hydrazone groups is 1. The Kier molecular flexibility index (Phi) is 3.54. The standard InChI is InChI=1S/C9H7FN2O4/c10-5-3-1-2-4-6(5)11-12-7(8(13)14)9(15)16/h1-4,11H,(H,13,14)(H,15,16). The Balaban J connectivity index is 2.90. The van der Waals surface area contributed by atoms with E-state index in [-0.39, 0.29) is 5.69 Å². The molecule has 0 heterocycles. The van der Waals surface area contributed by atoms with Crippen LogP contribution >= 0.6 is 0 Å². The van der Waals surface area contributed by atoms with Crippen LogP contribution in [0.2, 0.25) is 0 Å². The van der Waals surface area contributed by atoms with Gasteiger partial charge in [0, 0.05) is 0 Å². The van der Waals surface area contributed by atoms with Crippen molar-refractivity contribution in [1.82, 2.24) is 0 Å². The third-order valence-corrected chi connectivity index (χ3v) is 1.57. The van der Waals surface area contributed by atoms with E-state index >= 15 is 0 Å². The highest BCUT2D eigenvalue weighted by Crippen LogP contribution is 2.11. The van der Waals surface area contributed by atoms with Gasteiger partial charge in [0.25, 0.3) is 5.71 Å². The maximum atomic E-state index is 13.0. The molecule has 0 aliphatic rings. The monoisotopic (exact) mass is 226 g/mol. The van der Waals surface area contributed by atoms with Crippen LogP contribution in [-0.2, 0) is 9.59 Å². The highest BCUT2D eigenvalue weighted by atomic mass is 19.1. The van der Waals surface area contributed by atoms with Crippen LogP contribution in [-0.4, -0.2) is 27.9 Å². The number of halogens is 1. The maximum absolute atomic E-state index is 13.0. The van der Waals surface area contributed by atoms with Gasteiger partial charge in [0.05, 0.1) is 5.69 Å². The minimum Gasteiger partial charge on any atom is -0.476 e. The first-order valence-corrected chi connectivity index (χ1v) is 4.07. The molecular formula is C9H7FN2O4. The summed E-state index contributed by atoms with van der Waals surface area (Å²) in [4.78, 5) is 20.8. The molecule has 84 valence electrons. The second-order valence-corrected chi connectivity index (χ2v) is 2.66. The zero-order chi connectivity index (χ0) is 12.1. The largest absolute Gasteiger partial charge is 0.476 e. The summed E-state index contributed by atoms with van der Waals surface area (Å²) in [7, 11) is 0. The molecule has 1 aromatic carbocycles. The number of para-hydroxylation sites is 1. The van der Waals surface area contributed by atoms with Crippen molar-refractivity contribution < 1.29 is 24.2 Å². The lowest BCUT2D eigenvalue weighted by atomic mass is 10.3. The second-order valence-electron chi connectivity index (χ2n) is 2.66. The van der Waals surface area contributed by atoms with E-state index in [4.69, 9.17) is 10.2 Å². The average molecular weight is 226 g/mol. The van der Waals surface area contributed by atoms with Crippen molar-refractivity contribution in [2.45, 2.75) is 0 Å². The van der Waals surface area contributed by atoms with Crippen molar-refractivity contribution in [1.29, 1.82) is 0 Å². The van der Waals surface area contributed by atoms with Gasteiger partial charge in [-0.05, 0) is 12.1 Å². The van der Waals surface area contributed by atoms with E-state index in [0.717, 1.165) is 6.07 Å². The molecule has 0 radical (unpaired) electrons. The molecule has 0 amide bonds. The zero-order valence-corrected chi connectivity index (χ0v) is 7.85. The van der Waals surface area contributed by atoms with Crippen molar-refractivity contribution in [2.24, 2.45) is 5.10 Å². The first-order chi connectivity index (χ1) is 7.52. The number of hydrogen-bond donors (Lipinski definition) is 3. The van der Waals surface area contributed by atoms with Gasteiger partial charge >= 0.3 is 11.9 Å². The molecule has 0 atom stereocenters. The summed E-state index contributed by atoms with van der Waals surface area (Å²) < 4.78 is 13.0. The topological polar surface area (TPSA) is 99.0 Å². The second kappa shape index (κ2) is 4.87. The van der Waals surface area contributed by atoms with Crippen LogP contribution in [0.5, 0.6) is 0 Å². The Bertz CT molecular complexity index is 443. The Morgan fingerprint density at radius 1 is 1.19 bits per heavy atom. The molecular weight excluding hydrogens is 219 g/mol. The van der Waals surface area contributed by atoms with Gasteiger partial charge in [0.2, 0.25) is 0 Å². The number of benzene rings is 1. The minimum atomic E-state index is -1.71. The van der Waals surface area contributed by atoms with E-state index in [2.05, 4.69) is 5.10 Å². The molecule has 0 spiro atoms. The fraction of sp³-hybridized carbons (Fsp3) is 0.